The van der Waals surface area contributed by atoms with Gasteiger partial charge in [-0.3, -0.25) is 9.59 Å². The Morgan fingerprint density at radius 1 is 1.00 bits per heavy atom. The second-order valence-corrected chi connectivity index (χ2v) is 13.3. The first kappa shape index (κ1) is 25.3. The van der Waals surface area contributed by atoms with E-state index in [0.717, 1.165) is 25.6 Å². The maximum Gasteiger partial charge on any atom is 0.310 e. The van der Waals surface area contributed by atoms with Crippen molar-refractivity contribution in [3.63, 3.8) is 0 Å². The number of ether oxygens (including phenoxy) is 4. The van der Waals surface area contributed by atoms with Crippen LogP contribution in [-0.2, 0) is 33.0 Å². The number of hydrogen-bond acceptors (Lipinski definition) is 8. The molecule has 2 fully saturated rings. The quantitative estimate of drug-likeness (QED) is 0.203. The van der Waals surface area contributed by atoms with Crippen LogP contribution in [0.15, 0.2) is 0 Å². The molecule has 0 radical (unpaired) electrons. The summed E-state index contributed by atoms with van der Waals surface area (Å²) < 4.78 is 26.8. The SMILES string of the molecule is CCO[Si](C)(C)CCCN(CC(C)C(=O)OCC1CO1)CC(C)C(=O)OCC1CO1. The molecule has 0 aliphatic carbocycles. The lowest BCUT2D eigenvalue weighted by atomic mass is 10.1. The molecule has 2 aliphatic rings. The fraction of sp³-hybridized carbons (Fsp3) is 0.905. The Kier molecular flexibility index (Phi) is 10.2. The summed E-state index contributed by atoms with van der Waals surface area (Å²) in [6.45, 7) is 14.8. The monoisotopic (exact) mass is 445 g/mol. The van der Waals surface area contributed by atoms with Crippen LogP contribution in [0.25, 0.3) is 0 Å². The Bertz CT molecular complexity index is 515. The van der Waals surface area contributed by atoms with E-state index in [9.17, 15) is 9.59 Å². The molecular formula is C21H39NO7Si. The van der Waals surface area contributed by atoms with Gasteiger partial charge in [-0.15, -0.1) is 0 Å². The van der Waals surface area contributed by atoms with Crippen molar-refractivity contribution in [1.82, 2.24) is 4.90 Å². The molecule has 174 valence electrons. The minimum atomic E-state index is -1.67. The smallest absolute Gasteiger partial charge is 0.310 e. The van der Waals surface area contributed by atoms with Crippen molar-refractivity contribution in [2.24, 2.45) is 11.8 Å². The molecule has 0 spiro atoms. The molecular weight excluding hydrogens is 406 g/mol. The van der Waals surface area contributed by atoms with E-state index >= 15 is 0 Å². The third kappa shape index (κ3) is 10.3. The molecule has 8 nitrogen and oxygen atoms in total. The summed E-state index contributed by atoms with van der Waals surface area (Å²) in [4.78, 5) is 26.8. The van der Waals surface area contributed by atoms with Gasteiger partial charge in [-0.05, 0) is 39.0 Å². The van der Waals surface area contributed by atoms with E-state index in [4.69, 9.17) is 23.4 Å². The molecule has 2 heterocycles. The Labute approximate surface area is 181 Å². The molecule has 9 heteroatoms. The summed E-state index contributed by atoms with van der Waals surface area (Å²) in [6, 6.07) is 1.03. The highest BCUT2D eigenvalue weighted by Gasteiger charge is 2.29. The number of rotatable bonds is 16. The van der Waals surface area contributed by atoms with Crippen LogP contribution in [-0.4, -0.2) is 90.0 Å². The van der Waals surface area contributed by atoms with Crippen LogP contribution in [0.5, 0.6) is 0 Å². The van der Waals surface area contributed by atoms with Gasteiger partial charge in [-0.2, -0.15) is 0 Å². The maximum absolute atomic E-state index is 12.3. The number of carbonyl (C=O) groups excluding carboxylic acids is 2. The number of carbonyl (C=O) groups is 2. The largest absolute Gasteiger partial charge is 0.463 e. The molecule has 30 heavy (non-hydrogen) atoms. The van der Waals surface area contributed by atoms with Gasteiger partial charge in [-0.25, -0.2) is 0 Å². The number of esters is 2. The van der Waals surface area contributed by atoms with Gasteiger partial charge in [-0.1, -0.05) is 13.8 Å². The van der Waals surface area contributed by atoms with Gasteiger partial charge in [0.05, 0.1) is 25.0 Å². The molecule has 4 unspecified atom stereocenters. The third-order valence-electron chi connectivity index (χ3n) is 5.28. The van der Waals surface area contributed by atoms with Gasteiger partial charge in [0.2, 0.25) is 0 Å². The van der Waals surface area contributed by atoms with Gasteiger partial charge < -0.3 is 28.3 Å². The van der Waals surface area contributed by atoms with E-state index in [0.29, 0.717) is 39.5 Å². The van der Waals surface area contributed by atoms with Crippen molar-refractivity contribution >= 4 is 20.3 Å². The Morgan fingerprint density at radius 3 is 1.87 bits per heavy atom. The topological polar surface area (TPSA) is 90.1 Å². The normalized spacial score (nSPS) is 22.5. The van der Waals surface area contributed by atoms with E-state index in [2.05, 4.69) is 18.0 Å². The van der Waals surface area contributed by atoms with Crippen LogP contribution in [0, 0.1) is 11.8 Å². The first-order chi connectivity index (χ1) is 14.2. The van der Waals surface area contributed by atoms with Crippen LogP contribution in [0.3, 0.4) is 0 Å². The standard InChI is InChI=1S/C21H39NO7Si/c1-6-29-30(4,5)9-7-8-22(10-16(2)20(23)27-14-18-12-25-18)11-17(3)21(24)28-15-19-13-26-19/h16-19H,6-15H2,1-5H3. The van der Waals surface area contributed by atoms with E-state index < -0.39 is 8.32 Å². The molecule has 0 N–H and O–H groups in total. The molecule has 2 aliphatic heterocycles. The lowest BCUT2D eigenvalue weighted by Crippen LogP contribution is -2.39. The maximum atomic E-state index is 12.3. The Morgan fingerprint density at radius 2 is 1.47 bits per heavy atom. The highest BCUT2D eigenvalue weighted by molar-refractivity contribution is 6.71. The van der Waals surface area contributed by atoms with Gasteiger partial charge >= 0.3 is 11.9 Å². The minimum Gasteiger partial charge on any atom is -0.463 e. The average molecular weight is 446 g/mol. The number of hydrogen-bond donors (Lipinski definition) is 0. The zero-order valence-corrected chi connectivity index (χ0v) is 20.2. The first-order valence-corrected chi connectivity index (χ1v) is 14.2. The van der Waals surface area contributed by atoms with Crippen LogP contribution >= 0.6 is 0 Å². The van der Waals surface area contributed by atoms with E-state index in [-0.39, 0.29) is 36.0 Å². The minimum absolute atomic E-state index is 0.0632. The molecule has 2 rings (SSSR count). The van der Waals surface area contributed by atoms with Crippen molar-refractivity contribution in [3.05, 3.63) is 0 Å². The molecule has 0 aromatic rings. The molecule has 0 amide bonds. The fourth-order valence-electron chi connectivity index (χ4n) is 3.34. The van der Waals surface area contributed by atoms with Crippen molar-refractivity contribution < 1.29 is 33.0 Å². The van der Waals surface area contributed by atoms with Crippen molar-refractivity contribution in [3.8, 4) is 0 Å². The zero-order chi connectivity index (χ0) is 22.1. The number of nitrogens with zero attached hydrogens (tertiary/aromatic N) is 1. The van der Waals surface area contributed by atoms with E-state index in [1.54, 1.807) is 0 Å². The van der Waals surface area contributed by atoms with Crippen LogP contribution in [0.4, 0.5) is 0 Å². The predicted molar refractivity (Wildman–Crippen MR) is 115 cm³/mol. The van der Waals surface area contributed by atoms with Crippen LogP contribution in [0.2, 0.25) is 19.1 Å². The molecule has 0 saturated carbocycles. The summed E-state index contributed by atoms with van der Waals surface area (Å²) >= 11 is 0. The van der Waals surface area contributed by atoms with Crippen LogP contribution < -0.4 is 0 Å². The summed E-state index contributed by atoms with van der Waals surface area (Å²) in [6.07, 6.45) is 1.09. The summed E-state index contributed by atoms with van der Waals surface area (Å²) in [7, 11) is -1.67. The lowest BCUT2D eigenvalue weighted by Gasteiger charge is -2.29. The average Bonchev–Trinajstić information content (AvgIpc) is 3.58. The summed E-state index contributed by atoms with van der Waals surface area (Å²) in [5.41, 5.74) is 0. The predicted octanol–water partition coefficient (Wildman–Crippen LogP) is 2.08. The third-order valence-corrected chi connectivity index (χ3v) is 7.91. The van der Waals surface area contributed by atoms with E-state index in [1.165, 1.54) is 0 Å². The second-order valence-electron chi connectivity index (χ2n) is 9.03. The Hall–Kier alpha value is -1.00. The van der Waals surface area contributed by atoms with Crippen molar-refractivity contribution in [2.75, 3.05) is 52.7 Å². The Balaban J connectivity index is 1.83. The summed E-state index contributed by atoms with van der Waals surface area (Å²) in [5, 5.41) is 0. The molecule has 0 bridgehead atoms. The highest BCUT2D eigenvalue weighted by atomic mass is 28.4. The zero-order valence-electron chi connectivity index (χ0n) is 19.2. The second kappa shape index (κ2) is 12.1. The van der Waals surface area contributed by atoms with Gasteiger partial charge in [0, 0.05) is 19.7 Å². The first-order valence-electron chi connectivity index (χ1n) is 11.1. The molecule has 4 atom stereocenters. The van der Waals surface area contributed by atoms with Crippen molar-refractivity contribution in [2.45, 2.75) is 58.5 Å². The number of epoxide rings is 2. The highest BCUT2D eigenvalue weighted by Crippen LogP contribution is 2.17. The fourth-order valence-corrected chi connectivity index (χ4v) is 5.27. The van der Waals surface area contributed by atoms with Gasteiger partial charge in [0.1, 0.15) is 25.4 Å². The van der Waals surface area contributed by atoms with Gasteiger partial charge in [0.25, 0.3) is 0 Å². The van der Waals surface area contributed by atoms with Crippen LogP contribution in [0.1, 0.15) is 27.2 Å². The lowest BCUT2D eigenvalue weighted by molar-refractivity contribution is -0.150. The molecule has 2 saturated heterocycles. The summed E-state index contributed by atoms with van der Waals surface area (Å²) in [5.74, 6) is -0.991. The van der Waals surface area contributed by atoms with Gasteiger partial charge in [0.15, 0.2) is 8.32 Å². The van der Waals surface area contributed by atoms with Crippen molar-refractivity contribution in [1.29, 1.82) is 0 Å². The van der Waals surface area contributed by atoms with E-state index in [1.807, 2.05) is 20.8 Å². The molecule has 0 aromatic heterocycles. The molecule has 0 aromatic carbocycles.